The van der Waals surface area contributed by atoms with E-state index in [1.54, 1.807) is 31.4 Å². The molecule has 0 unspecified atom stereocenters. The fraction of sp³-hybridized carbons (Fsp3) is 0.333. The lowest BCUT2D eigenvalue weighted by Crippen LogP contribution is -2.18. The molecule has 0 aliphatic rings. The summed E-state index contributed by atoms with van der Waals surface area (Å²) in [5.41, 5.74) is 2.60. The van der Waals surface area contributed by atoms with E-state index < -0.39 is 0 Å². The number of para-hydroxylation sites is 1. The number of ether oxygens (including phenoxy) is 1. The molecule has 0 atom stereocenters. The second-order valence-electron chi connectivity index (χ2n) is 7.68. The van der Waals surface area contributed by atoms with Gasteiger partial charge in [0.15, 0.2) is 5.16 Å². The first-order chi connectivity index (χ1) is 15.9. The summed E-state index contributed by atoms with van der Waals surface area (Å²) in [7, 11) is 1.59. The molecule has 2 N–H and O–H groups in total. The van der Waals surface area contributed by atoms with E-state index in [-0.39, 0.29) is 24.0 Å². The molecule has 0 spiro atoms. The molecule has 3 rings (SSSR count). The van der Waals surface area contributed by atoms with Crippen LogP contribution >= 0.6 is 11.8 Å². The van der Waals surface area contributed by atoms with Crippen molar-refractivity contribution in [2.45, 2.75) is 44.8 Å². The largest absolute Gasteiger partial charge is 0.497 e. The third kappa shape index (κ3) is 6.58. The molecule has 0 saturated heterocycles. The molecule has 0 bridgehead atoms. The van der Waals surface area contributed by atoms with Crippen LogP contribution in [0.2, 0.25) is 0 Å². The number of carbonyl (C=O) groups excluding carboxylic acids is 2. The minimum Gasteiger partial charge on any atom is -0.497 e. The third-order valence-corrected chi connectivity index (χ3v) is 5.96. The molecule has 9 heteroatoms. The molecule has 0 aliphatic heterocycles. The average Bonchev–Trinajstić information content (AvgIpc) is 3.19. The van der Waals surface area contributed by atoms with E-state index in [0.717, 1.165) is 17.0 Å². The zero-order valence-corrected chi connectivity index (χ0v) is 20.1. The number of hydrogen-bond acceptors (Lipinski definition) is 6. The molecule has 2 amide bonds. The van der Waals surface area contributed by atoms with Crippen LogP contribution in [0, 0.1) is 0 Å². The van der Waals surface area contributed by atoms with Gasteiger partial charge in [0, 0.05) is 17.9 Å². The maximum absolute atomic E-state index is 12.5. The summed E-state index contributed by atoms with van der Waals surface area (Å²) in [5, 5.41) is 14.8. The Hall–Kier alpha value is -3.33. The van der Waals surface area contributed by atoms with Crippen molar-refractivity contribution in [1.29, 1.82) is 0 Å². The SMILES string of the molecule is CCn1c(CC(=O)Nc2ccc(OC)cc2)nnc1SCC(=O)Nc1ccccc1C(C)C. The molecule has 1 heterocycles. The molecule has 1 aromatic heterocycles. The molecule has 33 heavy (non-hydrogen) atoms. The van der Waals surface area contributed by atoms with Gasteiger partial charge in [-0.15, -0.1) is 10.2 Å². The third-order valence-electron chi connectivity index (χ3n) is 4.99. The van der Waals surface area contributed by atoms with Crippen molar-refractivity contribution in [3.8, 4) is 5.75 Å². The highest BCUT2D eigenvalue weighted by atomic mass is 32.2. The number of aromatic nitrogens is 3. The fourth-order valence-electron chi connectivity index (χ4n) is 3.33. The molecule has 0 fully saturated rings. The van der Waals surface area contributed by atoms with Crippen molar-refractivity contribution in [1.82, 2.24) is 14.8 Å². The second kappa shape index (κ2) is 11.5. The first-order valence-electron chi connectivity index (χ1n) is 10.8. The van der Waals surface area contributed by atoms with Gasteiger partial charge in [-0.25, -0.2) is 0 Å². The van der Waals surface area contributed by atoms with Crippen LogP contribution < -0.4 is 15.4 Å². The number of nitrogens with one attached hydrogen (secondary N) is 2. The van der Waals surface area contributed by atoms with Crippen LogP contribution in [-0.2, 0) is 22.6 Å². The summed E-state index contributed by atoms with van der Waals surface area (Å²) in [6, 6.07) is 14.9. The monoisotopic (exact) mass is 467 g/mol. The van der Waals surface area contributed by atoms with Crippen molar-refractivity contribution in [2.24, 2.45) is 0 Å². The minimum absolute atomic E-state index is 0.0847. The van der Waals surface area contributed by atoms with Crippen LogP contribution in [-0.4, -0.2) is 39.4 Å². The molecular formula is C24H29N5O3S. The van der Waals surface area contributed by atoms with E-state index in [0.29, 0.717) is 29.1 Å². The highest BCUT2D eigenvalue weighted by Gasteiger charge is 2.17. The number of anilines is 2. The molecule has 174 valence electrons. The Balaban J connectivity index is 1.58. The van der Waals surface area contributed by atoms with Crippen molar-refractivity contribution < 1.29 is 14.3 Å². The first kappa shape index (κ1) is 24.3. The zero-order chi connectivity index (χ0) is 23.8. The maximum atomic E-state index is 12.5. The predicted molar refractivity (Wildman–Crippen MR) is 131 cm³/mol. The summed E-state index contributed by atoms with van der Waals surface area (Å²) < 4.78 is 6.98. The number of thioether (sulfide) groups is 1. The summed E-state index contributed by atoms with van der Waals surface area (Å²) >= 11 is 1.30. The number of amides is 2. The van der Waals surface area contributed by atoms with E-state index >= 15 is 0 Å². The Labute approximate surface area is 198 Å². The lowest BCUT2D eigenvalue weighted by molar-refractivity contribution is -0.116. The number of nitrogens with zero attached hydrogens (tertiary/aromatic N) is 3. The van der Waals surface area contributed by atoms with Crippen LogP contribution in [0.25, 0.3) is 0 Å². The summed E-state index contributed by atoms with van der Waals surface area (Å²) in [6.45, 7) is 6.74. The van der Waals surface area contributed by atoms with Crippen LogP contribution in [0.5, 0.6) is 5.75 Å². The van der Waals surface area contributed by atoms with Gasteiger partial charge in [0.2, 0.25) is 11.8 Å². The lowest BCUT2D eigenvalue weighted by Gasteiger charge is -2.13. The van der Waals surface area contributed by atoms with Gasteiger partial charge < -0.3 is 19.9 Å². The van der Waals surface area contributed by atoms with Gasteiger partial charge in [-0.2, -0.15) is 0 Å². The quantitative estimate of drug-likeness (QED) is 0.431. The Morgan fingerprint density at radius 3 is 2.42 bits per heavy atom. The average molecular weight is 468 g/mol. The topological polar surface area (TPSA) is 98.1 Å². The summed E-state index contributed by atoms with van der Waals surface area (Å²) in [6.07, 6.45) is 0.0847. The Kier molecular flexibility index (Phi) is 8.48. The van der Waals surface area contributed by atoms with Crippen LogP contribution in [0.4, 0.5) is 11.4 Å². The molecule has 8 nitrogen and oxygen atoms in total. The molecule has 0 saturated carbocycles. The highest BCUT2D eigenvalue weighted by molar-refractivity contribution is 7.99. The van der Waals surface area contributed by atoms with Gasteiger partial charge in [-0.05, 0) is 48.7 Å². The number of benzene rings is 2. The van der Waals surface area contributed by atoms with Gasteiger partial charge in [0.05, 0.1) is 19.3 Å². The molecule has 3 aromatic rings. The Bertz CT molecular complexity index is 1100. The summed E-state index contributed by atoms with van der Waals surface area (Å²) in [4.78, 5) is 25.0. The maximum Gasteiger partial charge on any atom is 0.234 e. The van der Waals surface area contributed by atoms with E-state index in [2.05, 4.69) is 34.7 Å². The van der Waals surface area contributed by atoms with Crippen molar-refractivity contribution in [2.75, 3.05) is 23.5 Å². The van der Waals surface area contributed by atoms with Crippen LogP contribution in [0.3, 0.4) is 0 Å². The normalized spacial score (nSPS) is 10.8. The first-order valence-corrected chi connectivity index (χ1v) is 11.8. The van der Waals surface area contributed by atoms with E-state index in [4.69, 9.17) is 4.74 Å². The summed E-state index contributed by atoms with van der Waals surface area (Å²) in [5.74, 6) is 1.47. The Morgan fingerprint density at radius 1 is 1.03 bits per heavy atom. The molecule has 0 radical (unpaired) electrons. The van der Waals surface area contributed by atoms with Crippen molar-refractivity contribution in [3.63, 3.8) is 0 Å². The number of rotatable bonds is 10. The van der Waals surface area contributed by atoms with E-state index in [9.17, 15) is 9.59 Å². The smallest absolute Gasteiger partial charge is 0.234 e. The standard InChI is InChI=1S/C24H29N5O3S/c1-5-29-21(14-22(30)25-17-10-12-18(32-4)13-11-17)27-28-24(29)33-15-23(31)26-20-9-7-6-8-19(20)16(2)3/h6-13,16H,5,14-15H2,1-4H3,(H,25,30)(H,26,31). The number of hydrogen-bond donors (Lipinski definition) is 2. The predicted octanol–water partition coefficient (Wildman–Crippen LogP) is 4.34. The fourth-order valence-corrected chi connectivity index (χ4v) is 4.15. The molecule has 2 aromatic carbocycles. The van der Waals surface area contributed by atoms with E-state index in [1.165, 1.54) is 11.8 Å². The Morgan fingerprint density at radius 2 is 1.76 bits per heavy atom. The van der Waals surface area contributed by atoms with Gasteiger partial charge in [-0.3, -0.25) is 9.59 Å². The van der Waals surface area contributed by atoms with Gasteiger partial charge in [0.25, 0.3) is 0 Å². The van der Waals surface area contributed by atoms with Gasteiger partial charge in [-0.1, -0.05) is 43.8 Å². The van der Waals surface area contributed by atoms with Crippen LogP contribution in [0.1, 0.15) is 38.1 Å². The lowest BCUT2D eigenvalue weighted by atomic mass is 10.0. The number of methoxy groups -OCH3 is 1. The zero-order valence-electron chi connectivity index (χ0n) is 19.3. The van der Waals surface area contributed by atoms with Gasteiger partial charge in [0.1, 0.15) is 11.6 Å². The molecular weight excluding hydrogens is 438 g/mol. The second-order valence-corrected chi connectivity index (χ2v) is 8.62. The number of carbonyl (C=O) groups is 2. The highest BCUT2D eigenvalue weighted by Crippen LogP contribution is 2.24. The molecule has 0 aliphatic carbocycles. The van der Waals surface area contributed by atoms with Crippen molar-refractivity contribution in [3.05, 3.63) is 59.9 Å². The minimum atomic E-state index is -0.193. The van der Waals surface area contributed by atoms with Gasteiger partial charge >= 0.3 is 0 Å². The van der Waals surface area contributed by atoms with Crippen molar-refractivity contribution >= 4 is 35.0 Å². The van der Waals surface area contributed by atoms with E-state index in [1.807, 2.05) is 35.8 Å². The van der Waals surface area contributed by atoms with Crippen LogP contribution in [0.15, 0.2) is 53.7 Å².